The van der Waals surface area contributed by atoms with Crippen molar-refractivity contribution in [1.29, 1.82) is 0 Å². The first-order valence-corrected chi connectivity index (χ1v) is 2.41. The van der Waals surface area contributed by atoms with Crippen LogP contribution in [0.4, 0.5) is 0 Å². The monoisotopic (exact) mass is 144 g/mol. The summed E-state index contributed by atoms with van der Waals surface area (Å²) in [7, 11) is 0. The van der Waals surface area contributed by atoms with Crippen molar-refractivity contribution in [2.75, 3.05) is 26.2 Å². The van der Waals surface area contributed by atoms with Crippen molar-refractivity contribution in [3.63, 3.8) is 0 Å². The van der Waals surface area contributed by atoms with Gasteiger partial charge in [-0.3, -0.25) is 0 Å². The van der Waals surface area contributed by atoms with Gasteiger partial charge in [-0.15, -0.1) is 0 Å². The van der Waals surface area contributed by atoms with E-state index < -0.39 is 0 Å². The summed E-state index contributed by atoms with van der Waals surface area (Å²) in [6.07, 6.45) is 0. The molecular weight excluding hydrogens is 135 g/mol. The molecule has 1 saturated heterocycles. The molecule has 0 bridgehead atoms. The molecule has 0 spiro atoms. The van der Waals surface area contributed by atoms with Crippen LogP contribution in [0.25, 0.3) is 0 Å². The van der Waals surface area contributed by atoms with E-state index in [1.807, 2.05) is 0 Å². The zero-order valence-corrected chi connectivity index (χ0v) is 7.96. The molecule has 0 aromatic rings. The predicted molar refractivity (Wildman–Crippen MR) is 25.7 cm³/mol. The summed E-state index contributed by atoms with van der Waals surface area (Å²) in [5.41, 5.74) is 0. The molecule has 4 heteroatoms. The first-order valence-electron chi connectivity index (χ1n) is 2.41. The number of rotatable bonds is 0. The zero-order valence-electron chi connectivity index (χ0n) is 5.21. The maximum absolute atomic E-state index is 3.22. The minimum atomic E-state index is 0. The molecule has 0 aromatic carbocycles. The Bertz CT molecular complexity index is 29.5. The molecule has 0 saturated carbocycles. The van der Waals surface area contributed by atoms with Crippen molar-refractivity contribution in [2.24, 2.45) is 0 Å². The molecule has 0 amide bonds. The molecule has 0 atom stereocenters. The molecule has 1 aliphatic heterocycles. The van der Waals surface area contributed by atoms with E-state index in [1.165, 1.54) is 0 Å². The summed E-state index contributed by atoms with van der Waals surface area (Å²) < 4.78 is 0. The fraction of sp³-hybridized carbons (Fsp3) is 1.00. The van der Waals surface area contributed by atoms with E-state index in [0.29, 0.717) is 0 Å². The molecule has 0 unspecified atom stereocenters. The summed E-state index contributed by atoms with van der Waals surface area (Å²) in [5, 5.41) is 6.44. The second-order valence-electron chi connectivity index (χ2n) is 1.50. The van der Waals surface area contributed by atoms with Crippen molar-refractivity contribution in [3.05, 3.63) is 0 Å². The SMILES string of the molecule is C1CNCCN1.[Cl-].[Na+]. The van der Waals surface area contributed by atoms with Crippen molar-refractivity contribution < 1.29 is 42.0 Å². The van der Waals surface area contributed by atoms with Crippen LogP contribution >= 0.6 is 0 Å². The van der Waals surface area contributed by atoms with Gasteiger partial charge in [-0.2, -0.15) is 0 Å². The third kappa shape index (κ3) is 5.35. The molecule has 1 heterocycles. The molecule has 1 rings (SSSR count). The van der Waals surface area contributed by atoms with Gasteiger partial charge in [-0.05, 0) is 0 Å². The number of nitrogens with one attached hydrogen (secondary N) is 2. The molecule has 2 nitrogen and oxygen atoms in total. The van der Waals surface area contributed by atoms with Crippen LogP contribution in [0.3, 0.4) is 0 Å². The molecule has 2 N–H and O–H groups in total. The van der Waals surface area contributed by atoms with E-state index in [-0.39, 0.29) is 42.0 Å². The summed E-state index contributed by atoms with van der Waals surface area (Å²) in [4.78, 5) is 0. The standard InChI is InChI=1S/C4H10N2.ClH.Na/c1-2-6-4-3-5-1;;/h5-6H,1-4H2;1H;/q;;+1/p-1. The third-order valence-corrected chi connectivity index (χ3v) is 0.957. The van der Waals surface area contributed by atoms with Gasteiger partial charge in [0.1, 0.15) is 0 Å². The van der Waals surface area contributed by atoms with Gasteiger partial charge >= 0.3 is 29.6 Å². The van der Waals surface area contributed by atoms with Crippen molar-refractivity contribution in [2.45, 2.75) is 0 Å². The average Bonchev–Trinajstić information content (AvgIpc) is 1.72. The summed E-state index contributed by atoms with van der Waals surface area (Å²) in [6, 6.07) is 0. The largest absolute Gasteiger partial charge is 1.00 e. The Kier molecular flexibility index (Phi) is 12.3. The average molecular weight is 145 g/mol. The Morgan fingerprint density at radius 3 is 1.12 bits per heavy atom. The van der Waals surface area contributed by atoms with Crippen LogP contribution in [-0.4, -0.2) is 26.2 Å². The maximum Gasteiger partial charge on any atom is 1.00 e. The van der Waals surface area contributed by atoms with Crippen molar-refractivity contribution in [3.8, 4) is 0 Å². The number of hydrogen-bond donors (Lipinski definition) is 2. The Morgan fingerprint density at radius 1 is 0.750 bits per heavy atom. The van der Waals surface area contributed by atoms with E-state index in [1.54, 1.807) is 0 Å². The Labute approximate surface area is 78.5 Å². The van der Waals surface area contributed by atoms with Gasteiger partial charge in [0, 0.05) is 26.2 Å². The zero-order chi connectivity index (χ0) is 4.24. The van der Waals surface area contributed by atoms with E-state index in [0.717, 1.165) is 26.2 Å². The van der Waals surface area contributed by atoms with Crippen LogP contribution in [0, 0.1) is 0 Å². The van der Waals surface area contributed by atoms with Gasteiger partial charge in [0.15, 0.2) is 0 Å². The predicted octanol–water partition coefficient (Wildman–Crippen LogP) is -6.81. The molecule has 0 aromatic heterocycles. The van der Waals surface area contributed by atoms with E-state index in [2.05, 4.69) is 10.6 Å². The smallest absolute Gasteiger partial charge is 1.00 e. The van der Waals surface area contributed by atoms with Gasteiger partial charge in [0.2, 0.25) is 0 Å². The third-order valence-electron chi connectivity index (χ3n) is 0.957. The quantitative estimate of drug-likeness (QED) is 0.331. The topological polar surface area (TPSA) is 24.1 Å². The number of piperazine rings is 1. The van der Waals surface area contributed by atoms with Gasteiger partial charge < -0.3 is 23.0 Å². The first kappa shape index (κ1) is 11.9. The second-order valence-corrected chi connectivity index (χ2v) is 1.50. The molecular formula is C4H10ClN2Na. The minimum Gasteiger partial charge on any atom is -1.00 e. The molecule has 0 radical (unpaired) electrons. The van der Waals surface area contributed by atoms with Crippen LogP contribution in [-0.2, 0) is 0 Å². The van der Waals surface area contributed by atoms with Crippen LogP contribution in [0.5, 0.6) is 0 Å². The van der Waals surface area contributed by atoms with Crippen molar-refractivity contribution >= 4 is 0 Å². The summed E-state index contributed by atoms with van der Waals surface area (Å²) >= 11 is 0. The van der Waals surface area contributed by atoms with Crippen molar-refractivity contribution in [1.82, 2.24) is 10.6 Å². The molecule has 1 aliphatic rings. The number of halogens is 1. The fourth-order valence-corrected chi connectivity index (χ4v) is 0.604. The van der Waals surface area contributed by atoms with Gasteiger partial charge in [0.05, 0.1) is 0 Å². The molecule has 8 heavy (non-hydrogen) atoms. The first-order chi connectivity index (χ1) is 3.00. The molecule has 0 aliphatic carbocycles. The normalized spacial score (nSPS) is 18.0. The Hall–Kier alpha value is 1.21. The van der Waals surface area contributed by atoms with Crippen LogP contribution in [0.15, 0.2) is 0 Å². The van der Waals surface area contributed by atoms with E-state index in [4.69, 9.17) is 0 Å². The second kappa shape index (κ2) is 8.21. The van der Waals surface area contributed by atoms with E-state index in [9.17, 15) is 0 Å². The Balaban J connectivity index is 0. The summed E-state index contributed by atoms with van der Waals surface area (Å²) in [6.45, 7) is 4.56. The van der Waals surface area contributed by atoms with Gasteiger partial charge in [-0.1, -0.05) is 0 Å². The molecule has 1 fully saturated rings. The van der Waals surface area contributed by atoms with Gasteiger partial charge in [-0.25, -0.2) is 0 Å². The minimum absolute atomic E-state index is 0. The molecule has 44 valence electrons. The van der Waals surface area contributed by atoms with Gasteiger partial charge in [0.25, 0.3) is 0 Å². The van der Waals surface area contributed by atoms with Crippen LogP contribution in [0.1, 0.15) is 0 Å². The van der Waals surface area contributed by atoms with E-state index >= 15 is 0 Å². The van der Waals surface area contributed by atoms with Crippen LogP contribution < -0.4 is 52.6 Å². The Morgan fingerprint density at radius 2 is 1.00 bits per heavy atom. The maximum atomic E-state index is 3.22. The number of hydrogen-bond acceptors (Lipinski definition) is 2. The van der Waals surface area contributed by atoms with Crippen LogP contribution in [0.2, 0.25) is 0 Å². The summed E-state index contributed by atoms with van der Waals surface area (Å²) in [5.74, 6) is 0. The fourth-order valence-electron chi connectivity index (χ4n) is 0.604.